The molecule has 0 atom stereocenters. The lowest BCUT2D eigenvalue weighted by atomic mass is 9.81. The van der Waals surface area contributed by atoms with Gasteiger partial charge >= 0.3 is 0 Å². The summed E-state index contributed by atoms with van der Waals surface area (Å²) in [6.45, 7) is 9.18. The number of benzene rings is 1. The minimum absolute atomic E-state index is 0.306. The van der Waals surface area contributed by atoms with Gasteiger partial charge in [-0.2, -0.15) is 0 Å². The fraction of sp³-hybridized carbons (Fsp3) is 0.571. The summed E-state index contributed by atoms with van der Waals surface area (Å²) in [6.07, 6.45) is 3.93. The van der Waals surface area contributed by atoms with E-state index in [0.29, 0.717) is 5.41 Å². The van der Waals surface area contributed by atoms with Crippen LogP contribution in [0.4, 0.5) is 0 Å². The first-order chi connectivity index (χ1) is 6.48. The van der Waals surface area contributed by atoms with Crippen molar-refractivity contribution in [3.05, 3.63) is 34.4 Å². The molecule has 0 bridgehead atoms. The highest BCUT2D eigenvalue weighted by atomic mass is 14.3. The van der Waals surface area contributed by atoms with Crippen molar-refractivity contribution >= 4 is 0 Å². The fourth-order valence-corrected chi connectivity index (χ4v) is 2.53. The van der Waals surface area contributed by atoms with Gasteiger partial charge in [0, 0.05) is 0 Å². The topological polar surface area (TPSA) is 0 Å². The summed E-state index contributed by atoms with van der Waals surface area (Å²) in [5.41, 5.74) is 6.55. The fourth-order valence-electron chi connectivity index (χ4n) is 2.53. The molecule has 0 saturated heterocycles. The molecule has 1 aromatic rings. The van der Waals surface area contributed by atoms with Crippen LogP contribution in [0.2, 0.25) is 0 Å². The molecule has 0 saturated carbocycles. The van der Waals surface area contributed by atoms with Crippen LogP contribution in [0.25, 0.3) is 0 Å². The molecule has 0 aliphatic heterocycles. The summed E-state index contributed by atoms with van der Waals surface area (Å²) in [5, 5.41) is 0. The molecule has 0 N–H and O–H groups in total. The van der Waals surface area contributed by atoms with Crippen LogP contribution in [0.15, 0.2) is 12.1 Å². The highest BCUT2D eigenvalue weighted by Gasteiger charge is 2.22. The molecule has 14 heavy (non-hydrogen) atoms. The summed E-state index contributed by atoms with van der Waals surface area (Å²) in [5.74, 6) is 0. The van der Waals surface area contributed by atoms with E-state index in [-0.39, 0.29) is 0 Å². The molecule has 0 unspecified atom stereocenters. The van der Waals surface area contributed by atoms with Crippen LogP contribution in [0.5, 0.6) is 0 Å². The Labute approximate surface area is 87.3 Å². The molecule has 1 aromatic carbocycles. The predicted octanol–water partition coefficient (Wildman–Crippen LogP) is 3.78. The maximum atomic E-state index is 2.38. The Bertz CT molecular complexity index is 353. The number of fused-ring (bicyclic) bond motifs is 1. The van der Waals surface area contributed by atoms with Gasteiger partial charge in [-0.05, 0) is 48.3 Å². The van der Waals surface area contributed by atoms with Crippen LogP contribution < -0.4 is 0 Å². The minimum Gasteiger partial charge on any atom is -0.0561 e. The number of rotatable bonds is 0. The lowest BCUT2D eigenvalue weighted by Crippen LogP contribution is -2.14. The van der Waals surface area contributed by atoms with Gasteiger partial charge in [0.2, 0.25) is 0 Å². The summed E-state index contributed by atoms with van der Waals surface area (Å²) in [4.78, 5) is 0. The second-order valence-corrected chi connectivity index (χ2v) is 5.55. The summed E-state index contributed by atoms with van der Waals surface area (Å²) >= 11 is 0. The van der Waals surface area contributed by atoms with E-state index >= 15 is 0 Å². The van der Waals surface area contributed by atoms with Crippen molar-refractivity contribution in [3.8, 4) is 0 Å². The van der Waals surface area contributed by atoms with E-state index in [1.807, 2.05) is 0 Å². The predicted molar refractivity (Wildman–Crippen MR) is 61.9 cm³/mol. The Hall–Kier alpha value is -0.780. The van der Waals surface area contributed by atoms with Crippen LogP contribution in [0.3, 0.4) is 0 Å². The molecule has 0 amide bonds. The molecule has 2 rings (SSSR count). The standard InChI is InChI=1S/C14H20/c1-10-8-11-6-5-7-12(11)13(9-10)14(2,3)4/h8-9H,5-7H2,1-4H3. The van der Waals surface area contributed by atoms with Crippen molar-refractivity contribution in [2.45, 2.75) is 52.4 Å². The van der Waals surface area contributed by atoms with Crippen molar-refractivity contribution in [2.75, 3.05) is 0 Å². The van der Waals surface area contributed by atoms with Gasteiger partial charge in [0.05, 0.1) is 0 Å². The monoisotopic (exact) mass is 188 g/mol. The Balaban J connectivity index is 2.60. The van der Waals surface area contributed by atoms with E-state index in [9.17, 15) is 0 Å². The molecule has 0 heteroatoms. The minimum atomic E-state index is 0.306. The third kappa shape index (κ3) is 1.58. The van der Waals surface area contributed by atoms with Gasteiger partial charge in [-0.1, -0.05) is 38.5 Å². The molecule has 1 aliphatic carbocycles. The summed E-state index contributed by atoms with van der Waals surface area (Å²) in [7, 11) is 0. The van der Waals surface area contributed by atoms with E-state index < -0.39 is 0 Å². The number of hydrogen-bond donors (Lipinski definition) is 0. The second-order valence-electron chi connectivity index (χ2n) is 5.55. The zero-order chi connectivity index (χ0) is 10.3. The first-order valence-electron chi connectivity index (χ1n) is 5.61. The van der Waals surface area contributed by atoms with Gasteiger partial charge in [0.15, 0.2) is 0 Å². The van der Waals surface area contributed by atoms with Crippen LogP contribution >= 0.6 is 0 Å². The lowest BCUT2D eigenvalue weighted by molar-refractivity contribution is 0.583. The maximum Gasteiger partial charge on any atom is -0.0129 e. The highest BCUT2D eigenvalue weighted by molar-refractivity contribution is 5.44. The molecule has 0 radical (unpaired) electrons. The smallest absolute Gasteiger partial charge is 0.0129 e. The molecule has 1 aliphatic rings. The van der Waals surface area contributed by atoms with Gasteiger partial charge in [-0.3, -0.25) is 0 Å². The van der Waals surface area contributed by atoms with Gasteiger partial charge in [0.1, 0.15) is 0 Å². The van der Waals surface area contributed by atoms with E-state index in [0.717, 1.165) is 0 Å². The molecule has 0 fully saturated rings. The largest absolute Gasteiger partial charge is 0.0561 e. The molecule has 0 aromatic heterocycles. The van der Waals surface area contributed by atoms with Gasteiger partial charge in [0.25, 0.3) is 0 Å². The van der Waals surface area contributed by atoms with Crippen LogP contribution in [-0.4, -0.2) is 0 Å². The third-order valence-corrected chi connectivity index (χ3v) is 3.17. The Morgan fingerprint density at radius 1 is 1.07 bits per heavy atom. The molecular weight excluding hydrogens is 168 g/mol. The SMILES string of the molecule is Cc1cc2c(c(C(C)(C)C)c1)CCC2. The number of hydrogen-bond acceptors (Lipinski definition) is 0. The third-order valence-electron chi connectivity index (χ3n) is 3.17. The first kappa shape index (κ1) is 9.76. The van der Waals surface area contributed by atoms with Crippen molar-refractivity contribution in [2.24, 2.45) is 0 Å². The van der Waals surface area contributed by atoms with Crippen LogP contribution in [-0.2, 0) is 18.3 Å². The van der Waals surface area contributed by atoms with E-state index in [2.05, 4.69) is 39.8 Å². The normalized spacial score (nSPS) is 15.7. The molecular formula is C14H20. The lowest BCUT2D eigenvalue weighted by Gasteiger charge is -2.23. The van der Waals surface area contributed by atoms with E-state index in [4.69, 9.17) is 0 Å². The zero-order valence-electron chi connectivity index (χ0n) is 9.78. The van der Waals surface area contributed by atoms with Gasteiger partial charge < -0.3 is 0 Å². The Morgan fingerprint density at radius 2 is 1.79 bits per heavy atom. The first-order valence-corrected chi connectivity index (χ1v) is 5.61. The highest BCUT2D eigenvalue weighted by Crippen LogP contribution is 2.34. The Morgan fingerprint density at radius 3 is 2.43 bits per heavy atom. The van der Waals surface area contributed by atoms with Gasteiger partial charge in [-0.15, -0.1) is 0 Å². The zero-order valence-corrected chi connectivity index (χ0v) is 9.78. The molecule has 76 valence electrons. The van der Waals surface area contributed by atoms with Crippen molar-refractivity contribution in [3.63, 3.8) is 0 Å². The second kappa shape index (κ2) is 3.12. The maximum absolute atomic E-state index is 2.38. The van der Waals surface area contributed by atoms with Crippen molar-refractivity contribution in [1.82, 2.24) is 0 Å². The van der Waals surface area contributed by atoms with E-state index in [1.165, 1.54) is 24.8 Å². The van der Waals surface area contributed by atoms with Crippen LogP contribution in [0.1, 0.15) is 49.4 Å². The summed E-state index contributed by atoms with van der Waals surface area (Å²) < 4.78 is 0. The van der Waals surface area contributed by atoms with Crippen LogP contribution in [0, 0.1) is 6.92 Å². The van der Waals surface area contributed by atoms with Gasteiger partial charge in [-0.25, -0.2) is 0 Å². The van der Waals surface area contributed by atoms with Crippen molar-refractivity contribution < 1.29 is 0 Å². The molecule has 0 nitrogen and oxygen atoms in total. The average molecular weight is 188 g/mol. The Kier molecular flexibility index (Phi) is 2.17. The molecule has 0 heterocycles. The van der Waals surface area contributed by atoms with Crippen molar-refractivity contribution in [1.29, 1.82) is 0 Å². The number of aryl methyl sites for hydroxylation is 2. The van der Waals surface area contributed by atoms with E-state index in [1.54, 1.807) is 16.7 Å². The quantitative estimate of drug-likeness (QED) is 0.581. The molecule has 0 spiro atoms. The average Bonchev–Trinajstić information content (AvgIpc) is 2.47. The summed E-state index contributed by atoms with van der Waals surface area (Å²) in [6, 6.07) is 4.75.